The lowest BCUT2D eigenvalue weighted by molar-refractivity contribution is -0.122. The highest BCUT2D eigenvalue weighted by Gasteiger charge is 2.46. The van der Waals surface area contributed by atoms with Crippen LogP contribution in [0.2, 0.25) is 0 Å². The van der Waals surface area contributed by atoms with Gasteiger partial charge in [0.2, 0.25) is 11.4 Å². The number of nitrogens with zero attached hydrogens (tertiary/aromatic N) is 1. The van der Waals surface area contributed by atoms with Crippen molar-refractivity contribution in [2.45, 2.75) is 12.1 Å². The molecule has 1 aliphatic heterocycles. The fourth-order valence-corrected chi connectivity index (χ4v) is 3.44. The van der Waals surface area contributed by atoms with Gasteiger partial charge in [0.25, 0.3) is 5.91 Å². The van der Waals surface area contributed by atoms with Crippen LogP contribution in [0.4, 0.5) is 4.79 Å². The zero-order chi connectivity index (χ0) is 22.2. The Morgan fingerprint density at radius 2 is 2.03 bits per heavy atom. The van der Waals surface area contributed by atoms with E-state index in [0.717, 1.165) is 0 Å². The van der Waals surface area contributed by atoms with Crippen molar-refractivity contribution in [3.8, 4) is 23.5 Å². The van der Waals surface area contributed by atoms with Crippen LogP contribution < -0.4 is 21.1 Å². The summed E-state index contributed by atoms with van der Waals surface area (Å²) in [6.45, 7) is -0.168. The molecule has 2 aromatic carbocycles. The molecule has 1 aliphatic rings. The number of hydrogen-bond acceptors (Lipinski definition) is 5. The summed E-state index contributed by atoms with van der Waals surface area (Å²) in [6.07, 6.45) is 1.64. The molecule has 9 heteroatoms. The van der Waals surface area contributed by atoms with Crippen LogP contribution in [-0.2, 0) is 11.3 Å². The van der Waals surface area contributed by atoms with Gasteiger partial charge in [-0.2, -0.15) is 0 Å². The molecule has 0 unspecified atom stereocenters. The molecular formula is C22H18N4O5. The number of urea groups is 1. The number of carbonyl (C=O) groups excluding carboxylic acids is 3. The third-order valence-corrected chi connectivity index (χ3v) is 5.02. The number of primary amides is 1. The third-order valence-electron chi connectivity index (χ3n) is 5.02. The number of methoxy groups -OCH3 is 1. The minimum atomic E-state index is -1.67. The standard InChI is InChI=1S/C22H18N4O5/c1-31-15-7-6-14-11-26(19(28)17(14)10-15)12-22(20(29)24-21(30)25-22)9-8-13-4-2-3-5-16(13)18(23)27/h2-7,10-11,28H,12H2,1H3,(H2,23,27)(H2,24,25,29,30)/t22-/m1/s1. The summed E-state index contributed by atoms with van der Waals surface area (Å²) in [5, 5.41) is 16.6. The van der Waals surface area contributed by atoms with Crippen LogP contribution in [0, 0.1) is 11.8 Å². The van der Waals surface area contributed by atoms with Crippen LogP contribution >= 0.6 is 0 Å². The molecule has 9 nitrogen and oxygen atoms in total. The minimum Gasteiger partial charge on any atom is -0.497 e. The zero-order valence-electron chi connectivity index (χ0n) is 16.4. The third kappa shape index (κ3) is 3.51. The molecule has 1 fully saturated rings. The number of aromatic nitrogens is 1. The molecule has 4 amide bonds. The molecule has 0 bridgehead atoms. The van der Waals surface area contributed by atoms with E-state index in [4.69, 9.17) is 10.5 Å². The van der Waals surface area contributed by atoms with Crippen LogP contribution in [0.3, 0.4) is 0 Å². The maximum Gasteiger partial charge on any atom is 0.323 e. The van der Waals surface area contributed by atoms with E-state index >= 15 is 0 Å². The molecule has 3 aromatic rings. The lowest BCUT2D eigenvalue weighted by Crippen LogP contribution is -2.49. The van der Waals surface area contributed by atoms with Gasteiger partial charge in [-0.25, -0.2) is 4.79 Å². The van der Waals surface area contributed by atoms with Crippen LogP contribution in [-0.4, -0.2) is 40.2 Å². The monoisotopic (exact) mass is 418 g/mol. The van der Waals surface area contributed by atoms with E-state index < -0.39 is 23.4 Å². The van der Waals surface area contributed by atoms with Gasteiger partial charge in [0.1, 0.15) is 5.75 Å². The summed E-state index contributed by atoms with van der Waals surface area (Å²) < 4.78 is 6.61. The Morgan fingerprint density at radius 3 is 2.71 bits per heavy atom. The smallest absolute Gasteiger partial charge is 0.323 e. The fraction of sp³-hybridized carbons (Fsp3) is 0.136. The van der Waals surface area contributed by atoms with Gasteiger partial charge in [0.15, 0.2) is 5.88 Å². The average molecular weight is 418 g/mol. The molecule has 2 heterocycles. The second-order valence-corrected chi connectivity index (χ2v) is 7.01. The Balaban J connectivity index is 1.79. The molecule has 156 valence electrons. The van der Waals surface area contributed by atoms with Crippen molar-refractivity contribution in [3.05, 3.63) is 59.8 Å². The second-order valence-electron chi connectivity index (χ2n) is 7.01. The molecule has 0 saturated carbocycles. The highest BCUT2D eigenvalue weighted by molar-refractivity contribution is 6.09. The maximum atomic E-state index is 12.7. The van der Waals surface area contributed by atoms with Gasteiger partial charge < -0.3 is 25.5 Å². The Morgan fingerprint density at radius 1 is 1.26 bits per heavy atom. The van der Waals surface area contributed by atoms with Crippen molar-refractivity contribution in [1.82, 2.24) is 15.2 Å². The van der Waals surface area contributed by atoms with Crippen LogP contribution in [0.25, 0.3) is 10.8 Å². The Kier molecular flexibility index (Phi) is 4.75. The molecule has 4 rings (SSSR count). The predicted octanol–water partition coefficient (Wildman–Crippen LogP) is 1.08. The van der Waals surface area contributed by atoms with E-state index in [1.54, 1.807) is 42.6 Å². The van der Waals surface area contributed by atoms with Crippen molar-refractivity contribution >= 4 is 28.6 Å². The predicted molar refractivity (Wildman–Crippen MR) is 111 cm³/mol. The molecule has 31 heavy (non-hydrogen) atoms. The SMILES string of the molecule is COc1ccc2cn(C[C@@]3(C#Cc4ccccc4C(N)=O)NC(=O)NC3=O)c(O)c2c1. The van der Waals surface area contributed by atoms with E-state index in [1.165, 1.54) is 17.7 Å². The number of amides is 4. The highest BCUT2D eigenvalue weighted by atomic mass is 16.5. The number of rotatable bonds is 4. The Bertz CT molecular complexity index is 1300. The summed E-state index contributed by atoms with van der Waals surface area (Å²) in [7, 11) is 1.52. The Labute approximate surface area is 176 Å². The molecule has 0 radical (unpaired) electrons. The van der Waals surface area contributed by atoms with Crippen molar-refractivity contribution in [2.24, 2.45) is 5.73 Å². The van der Waals surface area contributed by atoms with Gasteiger partial charge in [-0.15, -0.1) is 0 Å². The first-order valence-corrected chi connectivity index (χ1v) is 9.24. The number of nitrogens with one attached hydrogen (secondary N) is 2. The number of nitrogens with two attached hydrogens (primary N) is 1. The van der Waals surface area contributed by atoms with Gasteiger partial charge in [-0.3, -0.25) is 14.9 Å². The van der Waals surface area contributed by atoms with E-state index in [-0.39, 0.29) is 18.0 Å². The molecule has 5 N–H and O–H groups in total. The topological polar surface area (TPSA) is 136 Å². The molecule has 1 saturated heterocycles. The number of fused-ring (bicyclic) bond motifs is 1. The van der Waals surface area contributed by atoms with Gasteiger partial charge >= 0.3 is 6.03 Å². The minimum absolute atomic E-state index is 0.110. The zero-order valence-corrected chi connectivity index (χ0v) is 16.4. The number of ether oxygens (including phenoxy) is 1. The van der Waals surface area contributed by atoms with E-state index in [1.807, 2.05) is 0 Å². The first kappa shape index (κ1) is 19.8. The van der Waals surface area contributed by atoms with E-state index in [2.05, 4.69) is 22.5 Å². The quantitative estimate of drug-likeness (QED) is 0.371. The summed E-state index contributed by atoms with van der Waals surface area (Å²) in [5.41, 5.74) is 4.23. The maximum absolute atomic E-state index is 12.7. The van der Waals surface area contributed by atoms with Crippen molar-refractivity contribution in [2.75, 3.05) is 7.11 Å². The fourth-order valence-electron chi connectivity index (χ4n) is 3.44. The number of aromatic hydroxyl groups is 1. The van der Waals surface area contributed by atoms with Crippen molar-refractivity contribution < 1.29 is 24.2 Å². The molecule has 0 spiro atoms. The highest BCUT2D eigenvalue weighted by Crippen LogP contribution is 2.32. The van der Waals surface area contributed by atoms with Gasteiger partial charge in [0.05, 0.1) is 19.2 Å². The number of hydrogen-bond donors (Lipinski definition) is 4. The Hall–Kier alpha value is -4.45. The van der Waals surface area contributed by atoms with E-state index in [0.29, 0.717) is 22.1 Å². The number of benzene rings is 2. The van der Waals surface area contributed by atoms with Crippen LogP contribution in [0.1, 0.15) is 15.9 Å². The molecular weight excluding hydrogens is 400 g/mol. The first-order valence-electron chi connectivity index (χ1n) is 9.24. The summed E-state index contributed by atoms with van der Waals surface area (Å²) >= 11 is 0. The number of imide groups is 1. The van der Waals surface area contributed by atoms with Crippen molar-refractivity contribution in [3.63, 3.8) is 0 Å². The average Bonchev–Trinajstić information content (AvgIpc) is 3.21. The summed E-state index contributed by atoms with van der Waals surface area (Å²) in [5.74, 6) is 4.67. The van der Waals surface area contributed by atoms with Crippen LogP contribution in [0.5, 0.6) is 11.6 Å². The lowest BCUT2D eigenvalue weighted by atomic mass is 9.98. The summed E-state index contributed by atoms with van der Waals surface area (Å²) in [4.78, 5) is 36.2. The van der Waals surface area contributed by atoms with E-state index in [9.17, 15) is 19.5 Å². The second kappa shape index (κ2) is 7.42. The van der Waals surface area contributed by atoms with Gasteiger partial charge in [0, 0.05) is 22.5 Å². The summed E-state index contributed by atoms with van der Waals surface area (Å²) in [6, 6.07) is 10.9. The number of carbonyl (C=O) groups is 3. The lowest BCUT2D eigenvalue weighted by Gasteiger charge is -2.21. The molecule has 1 atom stereocenters. The first-order chi connectivity index (χ1) is 14.8. The normalized spacial score (nSPS) is 17.6. The largest absolute Gasteiger partial charge is 0.497 e. The molecule has 0 aliphatic carbocycles. The van der Waals surface area contributed by atoms with Gasteiger partial charge in [-0.05, 0) is 30.3 Å². The molecule has 1 aromatic heterocycles. The van der Waals surface area contributed by atoms with Gasteiger partial charge in [-0.1, -0.05) is 24.0 Å². The van der Waals surface area contributed by atoms with Crippen LogP contribution in [0.15, 0.2) is 48.7 Å². The van der Waals surface area contributed by atoms with Crippen molar-refractivity contribution in [1.29, 1.82) is 0 Å².